The standard InChI is InChI=1S/C22H26O3/c1-6-17(16-11-9-8-10-12-16)21-18(19(23)7-2)13-14-20(24-5)22(21)25-15(3)4/h6-15,19,23H,2H2,1,3-5H3/b17-6+. The first-order valence-corrected chi connectivity index (χ1v) is 8.43. The lowest BCUT2D eigenvalue weighted by Crippen LogP contribution is -2.11. The summed E-state index contributed by atoms with van der Waals surface area (Å²) in [5, 5.41) is 10.5. The van der Waals surface area contributed by atoms with E-state index in [1.54, 1.807) is 7.11 Å². The van der Waals surface area contributed by atoms with E-state index in [4.69, 9.17) is 9.47 Å². The lowest BCUT2D eigenvalue weighted by molar-refractivity contribution is 0.218. The van der Waals surface area contributed by atoms with E-state index in [0.29, 0.717) is 11.5 Å². The predicted molar refractivity (Wildman–Crippen MR) is 103 cm³/mol. The zero-order chi connectivity index (χ0) is 18.4. The van der Waals surface area contributed by atoms with Crippen LogP contribution in [-0.4, -0.2) is 18.3 Å². The average Bonchev–Trinajstić information content (AvgIpc) is 2.63. The Morgan fingerprint density at radius 3 is 2.32 bits per heavy atom. The van der Waals surface area contributed by atoms with E-state index >= 15 is 0 Å². The molecule has 1 unspecified atom stereocenters. The van der Waals surface area contributed by atoms with E-state index < -0.39 is 6.10 Å². The molecule has 2 aromatic carbocycles. The number of methoxy groups -OCH3 is 1. The molecule has 132 valence electrons. The molecule has 0 spiro atoms. The molecule has 0 aromatic heterocycles. The molecule has 1 N–H and O–H groups in total. The van der Waals surface area contributed by atoms with Crippen molar-refractivity contribution in [3.05, 3.63) is 77.9 Å². The zero-order valence-corrected chi connectivity index (χ0v) is 15.3. The van der Waals surface area contributed by atoms with E-state index in [1.807, 2.05) is 69.3 Å². The van der Waals surface area contributed by atoms with Crippen LogP contribution in [0.2, 0.25) is 0 Å². The highest BCUT2D eigenvalue weighted by Crippen LogP contribution is 2.43. The van der Waals surface area contributed by atoms with Crippen molar-refractivity contribution in [2.75, 3.05) is 7.11 Å². The van der Waals surface area contributed by atoms with Gasteiger partial charge in [0.15, 0.2) is 11.5 Å². The molecule has 2 aromatic rings. The Bertz CT molecular complexity index is 745. The third kappa shape index (κ3) is 4.12. The molecule has 0 heterocycles. The van der Waals surface area contributed by atoms with Gasteiger partial charge in [-0.15, -0.1) is 6.58 Å². The van der Waals surface area contributed by atoms with Gasteiger partial charge in [-0.2, -0.15) is 0 Å². The number of allylic oxidation sites excluding steroid dienone is 1. The Kier molecular flexibility index (Phi) is 6.43. The van der Waals surface area contributed by atoms with Gasteiger partial charge in [0.05, 0.1) is 19.3 Å². The zero-order valence-electron chi connectivity index (χ0n) is 15.3. The van der Waals surface area contributed by atoms with Crippen LogP contribution in [0.1, 0.15) is 43.6 Å². The Hall–Kier alpha value is -2.52. The van der Waals surface area contributed by atoms with E-state index in [-0.39, 0.29) is 6.10 Å². The molecule has 0 amide bonds. The maximum atomic E-state index is 10.5. The Morgan fingerprint density at radius 1 is 1.12 bits per heavy atom. The van der Waals surface area contributed by atoms with Gasteiger partial charge in [-0.1, -0.05) is 48.6 Å². The Balaban J connectivity index is 2.80. The second-order valence-corrected chi connectivity index (χ2v) is 5.98. The minimum absolute atomic E-state index is 0.0300. The summed E-state index contributed by atoms with van der Waals surface area (Å²) in [7, 11) is 1.62. The number of aliphatic hydroxyl groups is 1. The van der Waals surface area contributed by atoms with Gasteiger partial charge in [-0.25, -0.2) is 0 Å². The number of benzene rings is 2. The van der Waals surface area contributed by atoms with E-state index in [0.717, 1.165) is 22.3 Å². The summed E-state index contributed by atoms with van der Waals surface area (Å²) in [6.45, 7) is 9.64. The number of ether oxygens (including phenoxy) is 2. The first-order valence-electron chi connectivity index (χ1n) is 8.43. The molecule has 1 atom stereocenters. The number of hydrogen-bond acceptors (Lipinski definition) is 3. The van der Waals surface area contributed by atoms with Gasteiger partial charge in [-0.05, 0) is 43.5 Å². The molecule has 0 saturated heterocycles. The largest absolute Gasteiger partial charge is 0.493 e. The van der Waals surface area contributed by atoms with E-state index in [1.165, 1.54) is 6.08 Å². The molecule has 0 aliphatic carbocycles. The summed E-state index contributed by atoms with van der Waals surface area (Å²) in [6, 6.07) is 13.7. The molecular formula is C22H26O3. The highest BCUT2D eigenvalue weighted by Gasteiger charge is 2.23. The molecule has 2 rings (SSSR count). The number of hydrogen-bond donors (Lipinski definition) is 1. The normalized spacial score (nSPS) is 12.8. The van der Waals surface area contributed by atoms with E-state index in [9.17, 15) is 5.11 Å². The van der Waals surface area contributed by atoms with Crippen LogP contribution in [0.4, 0.5) is 0 Å². The summed E-state index contributed by atoms with van der Waals surface area (Å²) in [5.74, 6) is 1.27. The van der Waals surface area contributed by atoms with Gasteiger partial charge in [0.1, 0.15) is 0 Å². The molecule has 0 radical (unpaired) electrons. The summed E-state index contributed by atoms with van der Waals surface area (Å²) >= 11 is 0. The SMILES string of the molecule is C=CC(O)c1ccc(OC)c(OC(C)C)c1/C(=C/C)c1ccccc1. The second-order valence-electron chi connectivity index (χ2n) is 5.98. The lowest BCUT2D eigenvalue weighted by atomic mass is 9.90. The minimum Gasteiger partial charge on any atom is -0.493 e. The fraction of sp³-hybridized carbons (Fsp3) is 0.273. The molecule has 3 nitrogen and oxygen atoms in total. The van der Waals surface area contributed by atoms with Gasteiger partial charge in [0, 0.05) is 5.56 Å². The van der Waals surface area contributed by atoms with Gasteiger partial charge < -0.3 is 14.6 Å². The summed E-state index contributed by atoms with van der Waals surface area (Å²) in [6.07, 6.45) is 2.71. The van der Waals surface area contributed by atoms with Crippen molar-refractivity contribution in [1.82, 2.24) is 0 Å². The van der Waals surface area contributed by atoms with Crippen LogP contribution in [-0.2, 0) is 0 Å². The monoisotopic (exact) mass is 338 g/mol. The highest BCUT2D eigenvalue weighted by atomic mass is 16.5. The van der Waals surface area contributed by atoms with Gasteiger partial charge in [0.2, 0.25) is 0 Å². The van der Waals surface area contributed by atoms with Gasteiger partial charge in [0.25, 0.3) is 0 Å². The van der Waals surface area contributed by atoms with Crippen molar-refractivity contribution in [1.29, 1.82) is 0 Å². The lowest BCUT2D eigenvalue weighted by Gasteiger charge is -2.23. The Morgan fingerprint density at radius 2 is 1.80 bits per heavy atom. The van der Waals surface area contributed by atoms with Crippen LogP contribution in [0, 0.1) is 0 Å². The third-order valence-corrected chi connectivity index (χ3v) is 3.91. The van der Waals surface area contributed by atoms with Crippen molar-refractivity contribution >= 4 is 5.57 Å². The quantitative estimate of drug-likeness (QED) is 0.709. The smallest absolute Gasteiger partial charge is 0.169 e. The van der Waals surface area contributed by atoms with Crippen molar-refractivity contribution in [3.63, 3.8) is 0 Å². The molecule has 3 heteroatoms. The fourth-order valence-electron chi connectivity index (χ4n) is 2.82. The van der Waals surface area contributed by atoms with Crippen LogP contribution in [0.25, 0.3) is 5.57 Å². The number of rotatable bonds is 7. The Labute approximate surface area is 150 Å². The van der Waals surface area contributed by atoms with Crippen molar-refractivity contribution in [2.24, 2.45) is 0 Å². The fourth-order valence-corrected chi connectivity index (χ4v) is 2.82. The summed E-state index contributed by atoms with van der Waals surface area (Å²) < 4.78 is 11.6. The average molecular weight is 338 g/mol. The molecule has 0 bridgehead atoms. The number of aliphatic hydroxyl groups excluding tert-OH is 1. The maximum absolute atomic E-state index is 10.5. The van der Waals surface area contributed by atoms with Crippen LogP contribution in [0.3, 0.4) is 0 Å². The molecule has 25 heavy (non-hydrogen) atoms. The predicted octanol–water partition coefficient (Wildman–Crippen LogP) is 5.15. The van der Waals surface area contributed by atoms with Crippen LogP contribution in [0.15, 0.2) is 61.2 Å². The molecule has 0 aliphatic heterocycles. The molecule has 0 fully saturated rings. The highest BCUT2D eigenvalue weighted by molar-refractivity contribution is 5.86. The molecule has 0 saturated carbocycles. The van der Waals surface area contributed by atoms with Crippen molar-refractivity contribution in [2.45, 2.75) is 33.0 Å². The van der Waals surface area contributed by atoms with Crippen LogP contribution in [0.5, 0.6) is 11.5 Å². The minimum atomic E-state index is -0.797. The van der Waals surface area contributed by atoms with Gasteiger partial charge >= 0.3 is 0 Å². The van der Waals surface area contributed by atoms with Gasteiger partial charge in [-0.3, -0.25) is 0 Å². The summed E-state index contributed by atoms with van der Waals surface area (Å²) in [4.78, 5) is 0. The topological polar surface area (TPSA) is 38.7 Å². The second kappa shape index (κ2) is 8.54. The van der Waals surface area contributed by atoms with E-state index in [2.05, 4.69) is 6.58 Å². The third-order valence-electron chi connectivity index (χ3n) is 3.91. The summed E-state index contributed by atoms with van der Waals surface area (Å²) in [5.41, 5.74) is 3.59. The van der Waals surface area contributed by atoms with Crippen LogP contribution < -0.4 is 9.47 Å². The first kappa shape index (κ1) is 18.8. The van der Waals surface area contributed by atoms with Crippen molar-refractivity contribution < 1.29 is 14.6 Å². The maximum Gasteiger partial charge on any atom is 0.169 e. The molecular weight excluding hydrogens is 312 g/mol. The first-order chi connectivity index (χ1) is 12.0. The van der Waals surface area contributed by atoms with Crippen molar-refractivity contribution in [3.8, 4) is 11.5 Å². The van der Waals surface area contributed by atoms with Crippen LogP contribution >= 0.6 is 0 Å². The molecule has 0 aliphatic rings.